The molecule has 0 unspecified atom stereocenters. The first-order valence-electron chi connectivity index (χ1n) is 11.3. The summed E-state index contributed by atoms with van der Waals surface area (Å²) in [6.07, 6.45) is 1.38. The van der Waals surface area contributed by atoms with Gasteiger partial charge in [-0.25, -0.2) is 8.42 Å². The summed E-state index contributed by atoms with van der Waals surface area (Å²) >= 11 is 12.7. The summed E-state index contributed by atoms with van der Waals surface area (Å²) in [5.74, 6) is -2.40. The molecule has 0 saturated heterocycles. The van der Waals surface area contributed by atoms with Crippen LogP contribution in [0.5, 0.6) is 5.75 Å². The zero-order valence-electron chi connectivity index (χ0n) is 21.5. The van der Waals surface area contributed by atoms with E-state index in [0.29, 0.717) is 22.9 Å². The number of carbonyl (C=O) groups excluding carboxylic acids is 2. The Morgan fingerprint density at radius 1 is 1.03 bits per heavy atom. The Morgan fingerprint density at radius 2 is 1.64 bits per heavy atom. The summed E-state index contributed by atoms with van der Waals surface area (Å²) in [7, 11) is -6.32. The minimum absolute atomic E-state index is 0. The molecule has 0 bridgehead atoms. The van der Waals surface area contributed by atoms with E-state index in [1.807, 2.05) is 0 Å². The third-order valence-electron chi connectivity index (χ3n) is 5.89. The molecule has 0 radical (unpaired) electrons. The fourth-order valence-corrected chi connectivity index (χ4v) is 6.95. The molecular weight excluding hydrogens is 595 g/mol. The molecule has 2 N–H and O–H groups in total. The number of aliphatic carboxylic acids is 1. The van der Waals surface area contributed by atoms with Crippen molar-refractivity contribution in [3.05, 3.63) is 87.4 Å². The SMILES string of the molecule is C[P@@](=O)(CCc1cc(Cl)c(C(=O)N[C@@H](Cc2cccc(S(C)(=O)=O)c2)C(=O)[O-])c(Cl)c1)c1cccc(O)c1.[Na+]. The first kappa shape index (κ1) is 33.4. The van der Waals surface area contributed by atoms with Gasteiger partial charge in [0, 0.05) is 17.7 Å². The van der Waals surface area contributed by atoms with Gasteiger partial charge in [-0.05, 0) is 67.0 Å². The molecule has 13 heteroatoms. The molecular formula is C26H25Cl2NNaO7PS. The number of hydrogen-bond acceptors (Lipinski definition) is 7. The van der Waals surface area contributed by atoms with Gasteiger partial charge in [0.1, 0.15) is 12.9 Å². The number of phenols is 1. The van der Waals surface area contributed by atoms with Crippen molar-refractivity contribution < 1.29 is 62.3 Å². The van der Waals surface area contributed by atoms with Crippen LogP contribution in [0.1, 0.15) is 21.5 Å². The molecule has 3 rings (SSSR count). The fourth-order valence-electron chi connectivity index (χ4n) is 3.81. The van der Waals surface area contributed by atoms with Crippen molar-refractivity contribution in [2.24, 2.45) is 0 Å². The first-order chi connectivity index (χ1) is 17.7. The number of benzene rings is 3. The maximum absolute atomic E-state index is 13.2. The van der Waals surface area contributed by atoms with Crippen LogP contribution in [0.4, 0.5) is 0 Å². The monoisotopic (exact) mass is 619 g/mol. The Labute approximate surface area is 259 Å². The molecule has 39 heavy (non-hydrogen) atoms. The molecule has 2 atom stereocenters. The Hall–Kier alpha value is -1.84. The minimum Gasteiger partial charge on any atom is -0.548 e. The van der Waals surface area contributed by atoms with Crippen molar-refractivity contribution in [1.29, 1.82) is 0 Å². The largest absolute Gasteiger partial charge is 1.00 e. The van der Waals surface area contributed by atoms with E-state index in [9.17, 15) is 32.8 Å². The number of carbonyl (C=O) groups is 2. The van der Waals surface area contributed by atoms with Gasteiger partial charge in [0.25, 0.3) is 5.91 Å². The zero-order chi connectivity index (χ0) is 28.3. The van der Waals surface area contributed by atoms with Crippen LogP contribution >= 0.6 is 30.3 Å². The number of carboxylic acid groups (broad SMARTS) is 1. The summed E-state index contributed by atoms with van der Waals surface area (Å²) in [4.78, 5) is 24.7. The number of phenolic OH excluding ortho intramolecular Hbond substituents is 1. The molecule has 0 heterocycles. The predicted octanol–water partition coefficient (Wildman–Crippen LogP) is 0.0584. The molecule has 3 aromatic carbocycles. The van der Waals surface area contributed by atoms with Gasteiger partial charge in [-0.1, -0.05) is 47.5 Å². The van der Waals surface area contributed by atoms with E-state index in [2.05, 4.69) is 5.32 Å². The van der Waals surface area contributed by atoms with Crippen LogP contribution < -0.4 is 45.3 Å². The molecule has 3 aromatic rings. The molecule has 0 saturated carbocycles. The smallest absolute Gasteiger partial charge is 0.548 e. The molecule has 202 valence electrons. The fraction of sp³-hybridized carbons (Fsp3) is 0.231. The van der Waals surface area contributed by atoms with Gasteiger partial charge in [-0.3, -0.25) is 4.79 Å². The second-order valence-electron chi connectivity index (χ2n) is 9.00. The molecule has 8 nitrogen and oxygen atoms in total. The molecule has 0 aromatic heterocycles. The van der Waals surface area contributed by atoms with Crippen LogP contribution in [0.25, 0.3) is 0 Å². The number of halogens is 2. The van der Waals surface area contributed by atoms with Crippen LogP contribution in [0.15, 0.2) is 65.6 Å². The van der Waals surface area contributed by atoms with Crippen molar-refractivity contribution >= 4 is 57.4 Å². The Kier molecular flexibility index (Phi) is 11.7. The van der Waals surface area contributed by atoms with E-state index >= 15 is 0 Å². The van der Waals surface area contributed by atoms with Gasteiger partial charge in [0.15, 0.2) is 9.84 Å². The van der Waals surface area contributed by atoms with Crippen LogP contribution in [-0.4, -0.2) is 50.5 Å². The number of carboxylic acids is 1. The normalized spacial score (nSPS) is 13.5. The molecule has 0 aliphatic rings. The van der Waals surface area contributed by atoms with Crippen LogP contribution in [0.3, 0.4) is 0 Å². The average molecular weight is 620 g/mol. The number of aromatic hydroxyl groups is 1. The molecule has 0 aliphatic carbocycles. The molecule has 0 aliphatic heterocycles. The van der Waals surface area contributed by atoms with Crippen LogP contribution in [0, 0.1) is 0 Å². The van der Waals surface area contributed by atoms with Gasteiger partial charge < -0.3 is 24.9 Å². The average Bonchev–Trinajstić information content (AvgIpc) is 2.81. The number of nitrogens with one attached hydrogen (secondary N) is 1. The van der Waals surface area contributed by atoms with Crippen molar-refractivity contribution in [2.45, 2.75) is 23.8 Å². The summed E-state index contributed by atoms with van der Waals surface area (Å²) < 4.78 is 36.8. The van der Waals surface area contributed by atoms with Crippen molar-refractivity contribution in [3.8, 4) is 5.75 Å². The van der Waals surface area contributed by atoms with E-state index in [0.717, 1.165) is 6.26 Å². The van der Waals surface area contributed by atoms with E-state index in [1.165, 1.54) is 48.5 Å². The first-order valence-corrected chi connectivity index (χ1v) is 16.3. The number of hydrogen-bond donors (Lipinski definition) is 2. The van der Waals surface area contributed by atoms with E-state index < -0.39 is 34.9 Å². The Balaban J connectivity index is 0.00000533. The quantitative estimate of drug-likeness (QED) is 0.241. The second kappa shape index (κ2) is 13.7. The third kappa shape index (κ3) is 9.08. The summed E-state index contributed by atoms with van der Waals surface area (Å²) in [6, 6.07) is 13.5. The van der Waals surface area contributed by atoms with Gasteiger partial charge in [0.2, 0.25) is 0 Å². The predicted molar refractivity (Wildman–Crippen MR) is 146 cm³/mol. The third-order valence-corrected chi connectivity index (χ3v) is 10.0. The van der Waals surface area contributed by atoms with E-state index in [4.69, 9.17) is 23.2 Å². The zero-order valence-corrected chi connectivity index (χ0v) is 26.7. The van der Waals surface area contributed by atoms with Crippen molar-refractivity contribution in [1.82, 2.24) is 5.32 Å². The van der Waals surface area contributed by atoms with Crippen molar-refractivity contribution in [3.63, 3.8) is 0 Å². The van der Waals surface area contributed by atoms with Crippen molar-refractivity contribution in [2.75, 3.05) is 19.1 Å². The Bertz CT molecular complexity index is 1530. The summed E-state index contributed by atoms with van der Waals surface area (Å²) in [5.41, 5.74) is 0.847. The number of amides is 1. The summed E-state index contributed by atoms with van der Waals surface area (Å²) in [5, 5.41) is 24.2. The van der Waals surface area contributed by atoms with Gasteiger partial charge >= 0.3 is 29.6 Å². The topological polar surface area (TPSA) is 141 Å². The van der Waals surface area contributed by atoms with E-state index in [-0.39, 0.29) is 68.4 Å². The van der Waals surface area contributed by atoms with E-state index in [1.54, 1.807) is 18.8 Å². The Morgan fingerprint density at radius 3 is 2.21 bits per heavy atom. The summed E-state index contributed by atoms with van der Waals surface area (Å²) in [6.45, 7) is 1.61. The van der Waals surface area contributed by atoms with Gasteiger partial charge in [0.05, 0.1) is 32.5 Å². The number of rotatable bonds is 10. The molecule has 0 spiro atoms. The molecule has 0 fully saturated rings. The molecule has 1 amide bonds. The minimum atomic E-state index is -3.51. The van der Waals surface area contributed by atoms with Crippen LogP contribution in [-0.2, 0) is 32.0 Å². The van der Waals surface area contributed by atoms with Gasteiger partial charge in [-0.2, -0.15) is 0 Å². The number of sulfone groups is 1. The second-order valence-corrected chi connectivity index (χ2v) is 15.0. The maximum Gasteiger partial charge on any atom is 1.00 e. The number of aryl methyl sites for hydroxylation is 1. The maximum atomic E-state index is 13.2. The van der Waals surface area contributed by atoms with Crippen LogP contribution in [0.2, 0.25) is 10.0 Å². The van der Waals surface area contributed by atoms with Gasteiger partial charge in [-0.15, -0.1) is 0 Å². The standard InChI is InChI=1S/C26H26Cl2NO7PS.Na/c1-37(34,19-7-4-6-18(30)15-19)10-9-17-12-21(27)24(22(28)13-17)25(31)29-23(26(32)33)14-16-5-3-8-20(11-16)38(2,35)36;/h3-8,11-13,15,23,30H,9-10,14H2,1-2H3,(H,29,31)(H,32,33);/q;+1/p-1/t23-,37+;/m0./s1.